The first-order chi connectivity index (χ1) is 8.49. The van der Waals surface area contributed by atoms with Gasteiger partial charge in [-0.1, -0.05) is 12.1 Å². The van der Waals surface area contributed by atoms with Crippen LogP contribution in [0, 0.1) is 6.92 Å². The molecule has 0 aliphatic heterocycles. The first-order valence-electron chi connectivity index (χ1n) is 5.75. The van der Waals surface area contributed by atoms with Crippen LogP contribution in [0.3, 0.4) is 0 Å². The molecule has 0 bridgehead atoms. The molecule has 2 aromatic rings. The van der Waals surface area contributed by atoms with Crippen LogP contribution in [0.4, 0.5) is 5.69 Å². The molecule has 0 aliphatic carbocycles. The van der Waals surface area contributed by atoms with E-state index in [4.69, 9.17) is 0 Å². The topological polar surface area (TPSA) is 33.2 Å². The van der Waals surface area contributed by atoms with Gasteiger partial charge in [0.1, 0.15) is 0 Å². The molecule has 0 unspecified atom stereocenters. The molecule has 0 N–H and O–H groups in total. The van der Waals surface area contributed by atoms with E-state index in [0.29, 0.717) is 0 Å². The molecule has 1 aromatic heterocycles. The van der Waals surface area contributed by atoms with Crippen LogP contribution in [0.1, 0.15) is 21.6 Å². The molecule has 0 spiro atoms. The summed E-state index contributed by atoms with van der Waals surface area (Å²) in [5, 5.41) is 0.923. The van der Waals surface area contributed by atoms with Crippen molar-refractivity contribution in [2.75, 3.05) is 19.0 Å². The monoisotopic (exact) mass is 260 g/mol. The molecule has 94 valence electrons. The fourth-order valence-electron chi connectivity index (χ4n) is 1.78. The first kappa shape index (κ1) is 12.8. The number of ketones is 1. The molecule has 0 aliphatic rings. The molecule has 0 saturated carbocycles. The lowest BCUT2D eigenvalue weighted by Gasteiger charge is -2.12. The number of aryl methyl sites for hydroxylation is 1. The molecule has 2 rings (SSSR count). The maximum absolute atomic E-state index is 11.6. The van der Waals surface area contributed by atoms with Crippen LogP contribution in [0.25, 0.3) is 11.3 Å². The van der Waals surface area contributed by atoms with Crippen molar-refractivity contribution in [3.05, 3.63) is 34.2 Å². The van der Waals surface area contributed by atoms with E-state index in [1.807, 2.05) is 50.2 Å². The highest BCUT2D eigenvalue weighted by molar-refractivity contribution is 7.14. The van der Waals surface area contributed by atoms with Gasteiger partial charge >= 0.3 is 0 Å². The lowest BCUT2D eigenvalue weighted by molar-refractivity contribution is 0.102. The highest BCUT2D eigenvalue weighted by atomic mass is 32.1. The van der Waals surface area contributed by atoms with Gasteiger partial charge in [0.25, 0.3) is 0 Å². The standard InChI is InChI=1S/C14H16N2OS/c1-9(17)14-13(15-10(2)18-14)11-5-7-12(8-6-11)16(3)4/h5-8H,1-4H3. The Labute approximate surface area is 111 Å². The minimum Gasteiger partial charge on any atom is -0.378 e. The van der Waals surface area contributed by atoms with E-state index >= 15 is 0 Å². The summed E-state index contributed by atoms with van der Waals surface area (Å²) in [7, 11) is 4.01. The maximum Gasteiger partial charge on any atom is 0.172 e. The van der Waals surface area contributed by atoms with Crippen LogP contribution in [-0.4, -0.2) is 24.9 Å². The van der Waals surface area contributed by atoms with Crippen molar-refractivity contribution in [1.29, 1.82) is 0 Å². The van der Waals surface area contributed by atoms with Crippen LogP contribution >= 0.6 is 11.3 Å². The summed E-state index contributed by atoms with van der Waals surface area (Å²) < 4.78 is 0. The second kappa shape index (κ2) is 4.90. The van der Waals surface area contributed by atoms with Gasteiger partial charge in [0.2, 0.25) is 0 Å². The molecule has 18 heavy (non-hydrogen) atoms. The summed E-state index contributed by atoms with van der Waals surface area (Å²) in [4.78, 5) is 18.8. The average molecular weight is 260 g/mol. The van der Waals surface area contributed by atoms with E-state index in [1.165, 1.54) is 11.3 Å². The molecular weight excluding hydrogens is 244 g/mol. The quantitative estimate of drug-likeness (QED) is 0.793. The predicted molar refractivity (Wildman–Crippen MR) is 76.6 cm³/mol. The second-order valence-corrected chi connectivity index (χ2v) is 5.61. The fourth-order valence-corrected chi connectivity index (χ4v) is 2.62. The Morgan fingerprint density at radius 2 is 1.83 bits per heavy atom. The molecule has 0 amide bonds. The van der Waals surface area contributed by atoms with E-state index in [2.05, 4.69) is 4.98 Å². The van der Waals surface area contributed by atoms with Crippen molar-refractivity contribution in [3.63, 3.8) is 0 Å². The maximum atomic E-state index is 11.6. The lowest BCUT2D eigenvalue weighted by atomic mass is 10.1. The molecule has 0 atom stereocenters. The number of aromatic nitrogens is 1. The van der Waals surface area contributed by atoms with Crippen molar-refractivity contribution in [2.24, 2.45) is 0 Å². The highest BCUT2D eigenvalue weighted by Gasteiger charge is 2.14. The van der Waals surface area contributed by atoms with Crippen LogP contribution < -0.4 is 4.90 Å². The van der Waals surface area contributed by atoms with Crippen molar-refractivity contribution in [2.45, 2.75) is 13.8 Å². The Morgan fingerprint density at radius 3 is 2.33 bits per heavy atom. The van der Waals surface area contributed by atoms with Crippen molar-refractivity contribution >= 4 is 22.8 Å². The van der Waals surface area contributed by atoms with Crippen LogP contribution in [0.5, 0.6) is 0 Å². The normalized spacial score (nSPS) is 10.4. The number of rotatable bonds is 3. The summed E-state index contributed by atoms with van der Waals surface area (Å²) in [5.41, 5.74) is 2.93. The van der Waals surface area contributed by atoms with Crippen LogP contribution in [0.15, 0.2) is 24.3 Å². The highest BCUT2D eigenvalue weighted by Crippen LogP contribution is 2.29. The zero-order valence-corrected chi connectivity index (χ0v) is 11.8. The number of carbonyl (C=O) groups excluding carboxylic acids is 1. The number of anilines is 1. The van der Waals surface area contributed by atoms with E-state index in [9.17, 15) is 4.79 Å². The van der Waals surface area contributed by atoms with Gasteiger partial charge in [-0.15, -0.1) is 11.3 Å². The molecule has 0 radical (unpaired) electrons. The third-order valence-electron chi connectivity index (χ3n) is 2.71. The number of nitrogens with zero attached hydrogens (tertiary/aromatic N) is 2. The minimum atomic E-state index is 0.0762. The summed E-state index contributed by atoms with van der Waals surface area (Å²) in [6, 6.07) is 8.09. The van der Waals surface area contributed by atoms with Gasteiger partial charge in [-0.05, 0) is 19.1 Å². The molecule has 0 fully saturated rings. The summed E-state index contributed by atoms with van der Waals surface area (Å²) in [5.74, 6) is 0.0762. The molecule has 0 saturated heterocycles. The number of hydrogen-bond donors (Lipinski definition) is 0. The molecule has 1 heterocycles. The van der Waals surface area contributed by atoms with Crippen molar-refractivity contribution < 1.29 is 4.79 Å². The van der Waals surface area contributed by atoms with E-state index < -0.39 is 0 Å². The van der Waals surface area contributed by atoms with Gasteiger partial charge in [0.15, 0.2) is 5.78 Å². The Balaban J connectivity index is 2.45. The van der Waals surface area contributed by atoms with Gasteiger partial charge in [0.05, 0.1) is 15.6 Å². The lowest BCUT2D eigenvalue weighted by Crippen LogP contribution is -2.08. The van der Waals surface area contributed by atoms with Gasteiger partial charge < -0.3 is 4.90 Å². The average Bonchev–Trinajstić information content (AvgIpc) is 2.71. The molecule has 1 aromatic carbocycles. The van der Waals surface area contributed by atoms with Crippen molar-refractivity contribution in [1.82, 2.24) is 4.98 Å². The van der Waals surface area contributed by atoms with Gasteiger partial charge in [0, 0.05) is 32.3 Å². The van der Waals surface area contributed by atoms with Crippen molar-refractivity contribution in [3.8, 4) is 11.3 Å². The third kappa shape index (κ3) is 2.43. The largest absolute Gasteiger partial charge is 0.378 e. The third-order valence-corrected chi connectivity index (χ3v) is 3.78. The second-order valence-electron chi connectivity index (χ2n) is 4.41. The Morgan fingerprint density at radius 1 is 1.22 bits per heavy atom. The number of thiazole rings is 1. The summed E-state index contributed by atoms with van der Waals surface area (Å²) in [6.45, 7) is 3.51. The molecule has 4 heteroatoms. The Kier molecular flexibility index (Phi) is 3.48. The van der Waals surface area contributed by atoms with E-state index in [0.717, 1.165) is 26.8 Å². The number of Topliss-reactive ketones (excluding diaryl/α,β-unsaturated/α-hetero) is 1. The Bertz CT molecular complexity index is 570. The summed E-state index contributed by atoms with van der Waals surface area (Å²) >= 11 is 1.46. The number of hydrogen-bond acceptors (Lipinski definition) is 4. The SMILES string of the molecule is CC(=O)c1sc(C)nc1-c1ccc(N(C)C)cc1. The van der Waals surface area contributed by atoms with Gasteiger partial charge in [-0.2, -0.15) is 0 Å². The van der Waals surface area contributed by atoms with E-state index in [-0.39, 0.29) is 5.78 Å². The molecular formula is C14H16N2OS. The molecule has 3 nitrogen and oxygen atoms in total. The van der Waals surface area contributed by atoms with Gasteiger partial charge in [-0.25, -0.2) is 4.98 Å². The van der Waals surface area contributed by atoms with Crippen LogP contribution in [0.2, 0.25) is 0 Å². The predicted octanol–water partition coefficient (Wildman–Crippen LogP) is 3.39. The zero-order valence-electron chi connectivity index (χ0n) is 11.0. The van der Waals surface area contributed by atoms with Gasteiger partial charge in [-0.3, -0.25) is 4.79 Å². The first-order valence-corrected chi connectivity index (χ1v) is 6.57. The van der Waals surface area contributed by atoms with Crippen LogP contribution in [-0.2, 0) is 0 Å². The minimum absolute atomic E-state index is 0.0762. The smallest absolute Gasteiger partial charge is 0.172 e. The Hall–Kier alpha value is -1.68. The fraction of sp³-hybridized carbons (Fsp3) is 0.286. The zero-order chi connectivity index (χ0) is 13.3. The number of carbonyl (C=O) groups is 1. The number of benzene rings is 1. The van der Waals surface area contributed by atoms with E-state index in [1.54, 1.807) is 6.92 Å². The summed E-state index contributed by atoms with van der Waals surface area (Å²) in [6.07, 6.45) is 0.